The van der Waals surface area contributed by atoms with Crippen LogP contribution in [0.2, 0.25) is 0 Å². The molecule has 0 aliphatic heterocycles. The average molecular weight is 358 g/mol. The van der Waals surface area contributed by atoms with Crippen LogP contribution in [-0.4, -0.2) is 36.9 Å². The third-order valence-corrected chi connectivity index (χ3v) is 3.83. The topological polar surface area (TPSA) is 85.4 Å². The van der Waals surface area contributed by atoms with Gasteiger partial charge in [0.1, 0.15) is 5.82 Å². The fraction of sp³-hybridized carbons (Fsp3) is 0.421. The minimum Gasteiger partial charge on any atom is -0.493 e. The van der Waals surface area contributed by atoms with Crippen molar-refractivity contribution in [1.29, 1.82) is 0 Å². The average Bonchev–Trinajstić information content (AvgIpc) is 2.66. The van der Waals surface area contributed by atoms with E-state index in [4.69, 9.17) is 9.47 Å². The molecule has 0 bridgehead atoms. The Hall–Kier alpha value is -2.83. The molecule has 0 aliphatic carbocycles. The van der Waals surface area contributed by atoms with E-state index in [-0.39, 0.29) is 11.6 Å². The van der Waals surface area contributed by atoms with Gasteiger partial charge in [0, 0.05) is 13.1 Å². The second-order valence-corrected chi connectivity index (χ2v) is 6.29. The van der Waals surface area contributed by atoms with E-state index in [0.29, 0.717) is 29.8 Å². The van der Waals surface area contributed by atoms with Gasteiger partial charge in [-0.1, -0.05) is 19.9 Å². The summed E-state index contributed by atoms with van der Waals surface area (Å²) in [6.45, 7) is 5.52. The number of anilines is 1. The Morgan fingerprint density at radius 2 is 1.85 bits per heavy atom. The van der Waals surface area contributed by atoms with E-state index in [1.807, 2.05) is 12.1 Å². The molecule has 140 valence electrons. The first kappa shape index (κ1) is 19.5. The maximum absolute atomic E-state index is 12.2. The van der Waals surface area contributed by atoms with Gasteiger partial charge in [0.15, 0.2) is 17.2 Å². The number of carbonyl (C=O) groups is 1. The summed E-state index contributed by atoms with van der Waals surface area (Å²) in [6.07, 6.45) is 1.05. The van der Waals surface area contributed by atoms with Crippen LogP contribution in [0.4, 0.5) is 5.82 Å². The summed E-state index contributed by atoms with van der Waals surface area (Å²) >= 11 is 0. The number of amides is 1. The van der Waals surface area contributed by atoms with Crippen LogP contribution in [0.5, 0.6) is 11.5 Å². The van der Waals surface area contributed by atoms with Gasteiger partial charge in [-0.15, -0.1) is 10.2 Å². The van der Waals surface area contributed by atoms with Crippen molar-refractivity contribution in [3.05, 3.63) is 41.6 Å². The second-order valence-electron chi connectivity index (χ2n) is 6.29. The monoisotopic (exact) mass is 358 g/mol. The van der Waals surface area contributed by atoms with Gasteiger partial charge in [0.2, 0.25) is 0 Å². The van der Waals surface area contributed by atoms with Crippen LogP contribution in [0.3, 0.4) is 0 Å². The second kappa shape index (κ2) is 9.60. The van der Waals surface area contributed by atoms with Gasteiger partial charge in [-0.25, -0.2) is 0 Å². The Morgan fingerprint density at radius 1 is 1.08 bits per heavy atom. The normalized spacial score (nSPS) is 10.5. The molecule has 2 N–H and O–H groups in total. The Balaban J connectivity index is 1.89. The van der Waals surface area contributed by atoms with Gasteiger partial charge in [-0.2, -0.15) is 0 Å². The summed E-state index contributed by atoms with van der Waals surface area (Å²) < 4.78 is 10.5. The Bertz CT molecular complexity index is 717. The molecule has 0 unspecified atom stereocenters. The molecule has 0 saturated heterocycles. The molecule has 7 nitrogen and oxygen atoms in total. The third-order valence-electron chi connectivity index (χ3n) is 3.83. The Morgan fingerprint density at radius 3 is 2.46 bits per heavy atom. The molecule has 0 saturated carbocycles. The Kier molecular flexibility index (Phi) is 7.20. The number of hydrogen-bond donors (Lipinski definition) is 2. The minimum absolute atomic E-state index is 0.277. The quantitative estimate of drug-likeness (QED) is 0.717. The van der Waals surface area contributed by atoms with Gasteiger partial charge in [-0.05, 0) is 42.2 Å². The summed E-state index contributed by atoms with van der Waals surface area (Å²) in [6, 6.07) is 8.92. The molecule has 0 radical (unpaired) electrons. The van der Waals surface area contributed by atoms with Gasteiger partial charge in [0.05, 0.1) is 14.2 Å². The molecule has 0 aliphatic rings. The highest BCUT2D eigenvalue weighted by Crippen LogP contribution is 2.27. The predicted octanol–water partition coefficient (Wildman–Crippen LogP) is 2.88. The zero-order valence-electron chi connectivity index (χ0n) is 15.7. The smallest absolute Gasteiger partial charge is 0.272 e. The van der Waals surface area contributed by atoms with Crippen molar-refractivity contribution in [2.45, 2.75) is 26.8 Å². The van der Waals surface area contributed by atoms with Crippen molar-refractivity contribution >= 4 is 11.7 Å². The molecule has 0 atom stereocenters. The molecule has 1 amide bonds. The van der Waals surface area contributed by atoms with E-state index < -0.39 is 0 Å². The number of rotatable bonds is 9. The molecule has 1 heterocycles. The molecule has 2 rings (SSSR count). The lowest BCUT2D eigenvalue weighted by Gasteiger charge is -2.10. The summed E-state index contributed by atoms with van der Waals surface area (Å²) in [5, 5.41) is 14.0. The number of benzene rings is 1. The maximum Gasteiger partial charge on any atom is 0.272 e. The predicted molar refractivity (Wildman–Crippen MR) is 101 cm³/mol. The lowest BCUT2D eigenvalue weighted by Crippen LogP contribution is -2.24. The lowest BCUT2D eigenvalue weighted by molar-refractivity contribution is 0.0945. The molecular formula is C19H26N4O3. The van der Waals surface area contributed by atoms with Crippen LogP contribution in [0.1, 0.15) is 36.3 Å². The largest absolute Gasteiger partial charge is 0.493 e. The maximum atomic E-state index is 12.2. The van der Waals surface area contributed by atoms with Gasteiger partial charge in [-0.3, -0.25) is 4.79 Å². The SMILES string of the molecule is COc1ccc(CNC(=O)c2ccc(NCCC(C)C)nn2)cc1OC. The number of carbonyl (C=O) groups excluding carboxylic acids is 1. The zero-order chi connectivity index (χ0) is 18.9. The fourth-order valence-corrected chi connectivity index (χ4v) is 2.30. The van der Waals surface area contributed by atoms with Crippen molar-refractivity contribution in [3.8, 4) is 11.5 Å². The molecule has 26 heavy (non-hydrogen) atoms. The van der Waals surface area contributed by atoms with Crippen LogP contribution in [0, 0.1) is 5.92 Å². The number of ether oxygens (including phenoxy) is 2. The highest BCUT2D eigenvalue weighted by Gasteiger charge is 2.10. The summed E-state index contributed by atoms with van der Waals surface area (Å²) in [5.41, 5.74) is 1.18. The van der Waals surface area contributed by atoms with Crippen molar-refractivity contribution in [1.82, 2.24) is 15.5 Å². The number of methoxy groups -OCH3 is 2. The van der Waals surface area contributed by atoms with Crippen LogP contribution >= 0.6 is 0 Å². The zero-order valence-corrected chi connectivity index (χ0v) is 15.7. The van der Waals surface area contributed by atoms with Crippen LogP contribution < -0.4 is 20.1 Å². The number of aromatic nitrogens is 2. The van der Waals surface area contributed by atoms with E-state index in [1.165, 1.54) is 0 Å². The van der Waals surface area contributed by atoms with E-state index in [1.54, 1.807) is 32.4 Å². The lowest BCUT2D eigenvalue weighted by atomic mass is 10.1. The van der Waals surface area contributed by atoms with E-state index in [9.17, 15) is 4.79 Å². The van der Waals surface area contributed by atoms with Crippen LogP contribution in [0.25, 0.3) is 0 Å². The Labute approximate surface area is 154 Å². The molecule has 1 aromatic carbocycles. The van der Waals surface area contributed by atoms with E-state index in [2.05, 4.69) is 34.7 Å². The van der Waals surface area contributed by atoms with Crippen molar-refractivity contribution in [2.24, 2.45) is 5.92 Å². The molecular weight excluding hydrogens is 332 g/mol. The fourth-order valence-electron chi connectivity index (χ4n) is 2.30. The van der Waals surface area contributed by atoms with Crippen molar-refractivity contribution < 1.29 is 14.3 Å². The first-order valence-electron chi connectivity index (χ1n) is 8.60. The van der Waals surface area contributed by atoms with Crippen molar-refractivity contribution in [2.75, 3.05) is 26.1 Å². The molecule has 0 fully saturated rings. The number of nitrogens with one attached hydrogen (secondary N) is 2. The van der Waals surface area contributed by atoms with Gasteiger partial charge in [0.25, 0.3) is 5.91 Å². The van der Waals surface area contributed by atoms with E-state index >= 15 is 0 Å². The summed E-state index contributed by atoms with van der Waals surface area (Å²) in [4.78, 5) is 12.2. The molecule has 1 aromatic heterocycles. The molecule has 0 spiro atoms. The van der Waals surface area contributed by atoms with E-state index in [0.717, 1.165) is 18.5 Å². The van der Waals surface area contributed by atoms with Crippen LogP contribution in [-0.2, 0) is 6.54 Å². The number of nitrogens with zero attached hydrogens (tertiary/aromatic N) is 2. The molecule has 7 heteroatoms. The summed E-state index contributed by atoms with van der Waals surface area (Å²) in [5.74, 6) is 2.28. The minimum atomic E-state index is -0.277. The van der Waals surface area contributed by atoms with Gasteiger partial charge < -0.3 is 20.1 Å². The van der Waals surface area contributed by atoms with Crippen LogP contribution in [0.15, 0.2) is 30.3 Å². The van der Waals surface area contributed by atoms with Gasteiger partial charge >= 0.3 is 0 Å². The number of hydrogen-bond acceptors (Lipinski definition) is 6. The first-order valence-corrected chi connectivity index (χ1v) is 8.60. The molecule has 2 aromatic rings. The third kappa shape index (κ3) is 5.61. The summed E-state index contributed by atoms with van der Waals surface area (Å²) in [7, 11) is 3.16. The first-order chi connectivity index (χ1) is 12.5. The highest BCUT2D eigenvalue weighted by molar-refractivity contribution is 5.92. The standard InChI is InChI=1S/C19H26N4O3/c1-13(2)9-10-20-18-8-6-15(22-23-18)19(24)21-12-14-5-7-16(25-3)17(11-14)26-4/h5-8,11,13H,9-10,12H2,1-4H3,(H,20,23)(H,21,24). The highest BCUT2D eigenvalue weighted by atomic mass is 16.5. The van der Waals surface area contributed by atoms with Crippen molar-refractivity contribution in [3.63, 3.8) is 0 Å².